The topological polar surface area (TPSA) is 0 Å². The number of fused-ring (bicyclic) bond motifs is 1. The van der Waals surface area contributed by atoms with Gasteiger partial charge < -0.3 is 0 Å². The summed E-state index contributed by atoms with van der Waals surface area (Å²) in [4.78, 5) is 0. The summed E-state index contributed by atoms with van der Waals surface area (Å²) in [6.07, 6.45) is 5.31. The summed E-state index contributed by atoms with van der Waals surface area (Å²) in [5.41, 5.74) is 2.58. The second kappa shape index (κ2) is 5.60. The second-order valence-corrected chi connectivity index (χ2v) is 5.76. The van der Waals surface area contributed by atoms with Crippen molar-refractivity contribution < 1.29 is 0 Å². The Morgan fingerprint density at radius 1 is 1.00 bits per heavy atom. The molecule has 19 heavy (non-hydrogen) atoms. The van der Waals surface area contributed by atoms with Crippen LogP contribution >= 0.6 is 22.9 Å². The molecule has 0 aliphatic carbocycles. The summed E-state index contributed by atoms with van der Waals surface area (Å²) < 4.78 is 1.36. The molecule has 0 atom stereocenters. The lowest BCUT2D eigenvalue weighted by Crippen LogP contribution is -1.77. The molecule has 0 saturated heterocycles. The molecule has 0 N–H and O–H groups in total. The molecule has 0 unspecified atom stereocenters. The maximum Gasteiger partial charge on any atom is 0.0406 e. The van der Waals surface area contributed by atoms with Gasteiger partial charge in [-0.15, -0.1) is 11.3 Å². The zero-order chi connectivity index (χ0) is 13.1. The van der Waals surface area contributed by atoms with Crippen molar-refractivity contribution >= 4 is 39.1 Å². The van der Waals surface area contributed by atoms with Gasteiger partial charge in [-0.05, 0) is 46.5 Å². The first kappa shape index (κ1) is 12.5. The average molecular weight is 285 g/mol. The Morgan fingerprint density at radius 3 is 2.63 bits per heavy atom. The van der Waals surface area contributed by atoms with E-state index < -0.39 is 0 Å². The van der Waals surface area contributed by atoms with Crippen molar-refractivity contribution in [3.63, 3.8) is 0 Å². The maximum atomic E-state index is 5.87. The van der Waals surface area contributed by atoms with Gasteiger partial charge in [-0.25, -0.2) is 0 Å². The average Bonchev–Trinajstić information content (AvgIpc) is 2.85. The van der Waals surface area contributed by atoms with Crippen LogP contribution in [0.15, 0.2) is 60.0 Å². The highest BCUT2D eigenvalue weighted by molar-refractivity contribution is 7.17. The summed E-state index contributed by atoms with van der Waals surface area (Å²) in [7, 11) is 0. The fourth-order valence-corrected chi connectivity index (χ4v) is 3.19. The molecule has 3 aromatic rings. The molecule has 0 spiro atoms. The van der Waals surface area contributed by atoms with Crippen LogP contribution < -0.4 is 0 Å². The minimum atomic E-state index is 0.779. The van der Waals surface area contributed by atoms with E-state index in [-0.39, 0.29) is 0 Å². The molecule has 0 fully saturated rings. The SMILES string of the molecule is Clc1ccc(C=CCc2csc3ccccc23)cc1. The van der Waals surface area contributed by atoms with Crippen LogP contribution in [0.4, 0.5) is 0 Å². The van der Waals surface area contributed by atoms with Crippen molar-refractivity contribution in [2.24, 2.45) is 0 Å². The number of hydrogen-bond acceptors (Lipinski definition) is 1. The highest BCUT2D eigenvalue weighted by atomic mass is 35.5. The highest BCUT2D eigenvalue weighted by Crippen LogP contribution is 2.26. The molecular weight excluding hydrogens is 272 g/mol. The van der Waals surface area contributed by atoms with Gasteiger partial charge in [-0.1, -0.05) is 54.1 Å². The third kappa shape index (κ3) is 2.89. The van der Waals surface area contributed by atoms with Crippen LogP contribution in [0.2, 0.25) is 5.02 Å². The third-order valence-corrected chi connectivity index (χ3v) is 4.34. The van der Waals surface area contributed by atoms with Crippen molar-refractivity contribution in [2.45, 2.75) is 6.42 Å². The molecule has 0 amide bonds. The Kier molecular flexibility index (Phi) is 3.67. The van der Waals surface area contributed by atoms with Gasteiger partial charge in [0, 0.05) is 9.72 Å². The van der Waals surface area contributed by atoms with Gasteiger partial charge in [0.05, 0.1) is 0 Å². The molecule has 0 aliphatic rings. The summed E-state index contributed by atoms with van der Waals surface area (Å²) in [6.45, 7) is 0. The van der Waals surface area contributed by atoms with E-state index in [0.717, 1.165) is 11.4 Å². The number of halogens is 1. The van der Waals surface area contributed by atoms with Crippen molar-refractivity contribution in [3.8, 4) is 0 Å². The van der Waals surface area contributed by atoms with Crippen LogP contribution in [0.25, 0.3) is 16.2 Å². The fraction of sp³-hybridized carbons (Fsp3) is 0.0588. The molecule has 3 rings (SSSR count). The van der Waals surface area contributed by atoms with Crippen LogP contribution in [-0.2, 0) is 6.42 Å². The van der Waals surface area contributed by atoms with Gasteiger partial charge in [0.2, 0.25) is 0 Å². The summed E-state index contributed by atoms with van der Waals surface area (Å²) in [5, 5.41) is 4.39. The van der Waals surface area contributed by atoms with E-state index in [1.54, 1.807) is 0 Å². The first-order chi connectivity index (χ1) is 9.33. The molecule has 1 aromatic heterocycles. The molecule has 1 heterocycles. The molecule has 0 saturated carbocycles. The largest absolute Gasteiger partial charge is 0.144 e. The van der Waals surface area contributed by atoms with E-state index in [4.69, 9.17) is 11.6 Å². The molecule has 0 bridgehead atoms. The first-order valence-corrected chi connectivity index (χ1v) is 7.46. The number of allylic oxidation sites excluding steroid dienone is 1. The lowest BCUT2D eigenvalue weighted by molar-refractivity contribution is 1.33. The molecular formula is C17H13ClS. The lowest BCUT2D eigenvalue weighted by Gasteiger charge is -1.95. The molecule has 0 aliphatic heterocycles. The summed E-state index contributed by atoms with van der Waals surface area (Å²) in [6, 6.07) is 16.5. The van der Waals surface area contributed by atoms with Gasteiger partial charge >= 0.3 is 0 Å². The summed E-state index contributed by atoms with van der Waals surface area (Å²) >= 11 is 7.68. The van der Waals surface area contributed by atoms with E-state index >= 15 is 0 Å². The van der Waals surface area contributed by atoms with E-state index in [1.807, 2.05) is 35.6 Å². The van der Waals surface area contributed by atoms with Crippen molar-refractivity contribution in [3.05, 3.63) is 76.1 Å². The molecule has 0 radical (unpaired) electrons. The number of rotatable bonds is 3. The summed E-state index contributed by atoms with van der Waals surface area (Å²) in [5.74, 6) is 0. The van der Waals surface area contributed by atoms with Gasteiger partial charge in [0.1, 0.15) is 0 Å². The smallest absolute Gasteiger partial charge is 0.0406 e. The van der Waals surface area contributed by atoms with Crippen LogP contribution in [0.3, 0.4) is 0 Å². The van der Waals surface area contributed by atoms with E-state index in [0.29, 0.717) is 0 Å². The highest BCUT2D eigenvalue weighted by Gasteiger charge is 2.00. The predicted molar refractivity (Wildman–Crippen MR) is 86.0 cm³/mol. The number of benzene rings is 2. The molecule has 2 aromatic carbocycles. The molecule has 0 nitrogen and oxygen atoms in total. The van der Waals surface area contributed by atoms with E-state index in [1.165, 1.54) is 21.2 Å². The maximum absolute atomic E-state index is 5.87. The molecule has 2 heteroatoms. The van der Waals surface area contributed by atoms with Crippen LogP contribution in [0, 0.1) is 0 Å². The molecule has 94 valence electrons. The number of hydrogen-bond donors (Lipinski definition) is 0. The zero-order valence-corrected chi connectivity index (χ0v) is 11.9. The van der Waals surface area contributed by atoms with Crippen LogP contribution in [0.1, 0.15) is 11.1 Å². The predicted octanol–water partition coefficient (Wildman–Crippen LogP) is 5.81. The third-order valence-electron chi connectivity index (χ3n) is 3.08. The monoisotopic (exact) mass is 284 g/mol. The van der Waals surface area contributed by atoms with Crippen molar-refractivity contribution in [2.75, 3.05) is 0 Å². The standard InChI is InChI=1S/C17H13ClS/c18-15-10-8-13(9-11-15)4-3-5-14-12-19-17-7-2-1-6-16(14)17/h1-4,6-12H,5H2. The Hall–Kier alpha value is -1.57. The lowest BCUT2D eigenvalue weighted by atomic mass is 10.1. The minimum Gasteiger partial charge on any atom is -0.144 e. The van der Waals surface area contributed by atoms with Gasteiger partial charge in [0.25, 0.3) is 0 Å². The van der Waals surface area contributed by atoms with E-state index in [2.05, 4.69) is 41.8 Å². The van der Waals surface area contributed by atoms with E-state index in [9.17, 15) is 0 Å². The van der Waals surface area contributed by atoms with Gasteiger partial charge in [-0.2, -0.15) is 0 Å². The van der Waals surface area contributed by atoms with Gasteiger partial charge in [-0.3, -0.25) is 0 Å². The normalized spacial score (nSPS) is 11.4. The Morgan fingerprint density at radius 2 is 1.79 bits per heavy atom. The first-order valence-electron chi connectivity index (χ1n) is 6.20. The zero-order valence-electron chi connectivity index (χ0n) is 10.3. The minimum absolute atomic E-state index is 0.779. The van der Waals surface area contributed by atoms with Crippen molar-refractivity contribution in [1.82, 2.24) is 0 Å². The van der Waals surface area contributed by atoms with Crippen molar-refractivity contribution in [1.29, 1.82) is 0 Å². The number of thiophene rings is 1. The van der Waals surface area contributed by atoms with Gasteiger partial charge in [0.15, 0.2) is 0 Å². The second-order valence-electron chi connectivity index (χ2n) is 4.42. The fourth-order valence-electron chi connectivity index (χ4n) is 2.09. The Labute approximate surface area is 122 Å². The quantitative estimate of drug-likeness (QED) is 0.569. The van der Waals surface area contributed by atoms with Crippen LogP contribution in [0.5, 0.6) is 0 Å². The Bertz CT molecular complexity index is 707. The van der Waals surface area contributed by atoms with Crippen LogP contribution in [-0.4, -0.2) is 0 Å². The Balaban J connectivity index is 1.77.